The van der Waals surface area contributed by atoms with Crippen molar-refractivity contribution in [3.8, 4) is 0 Å². The second-order valence-corrected chi connectivity index (χ2v) is 9.28. The minimum Gasteiger partial charge on any atom is -0.351 e. The maximum absolute atomic E-state index is 12.6. The van der Waals surface area contributed by atoms with E-state index in [1.165, 1.54) is 11.3 Å². The number of aryl methyl sites for hydroxylation is 1. The lowest BCUT2D eigenvalue weighted by molar-refractivity contribution is -0.127. The molecule has 1 N–H and O–H groups in total. The first kappa shape index (κ1) is 21.2. The minimum absolute atomic E-state index is 0.0978. The zero-order valence-corrected chi connectivity index (χ0v) is 18.9. The van der Waals surface area contributed by atoms with Gasteiger partial charge < -0.3 is 10.2 Å². The quantitative estimate of drug-likeness (QED) is 0.523. The maximum atomic E-state index is 12.6. The molecule has 3 aromatic rings. The predicted molar refractivity (Wildman–Crippen MR) is 121 cm³/mol. The number of fused-ring (bicyclic) bond motifs is 1. The van der Waals surface area contributed by atoms with E-state index in [0.717, 1.165) is 40.9 Å². The SMILES string of the molecule is Cc1nn(Cc2ccc(Cl)cc2Cl)c2sc(C(=O)NCCCN3CCCC3=O)cc12. The Balaban J connectivity index is 1.42. The van der Waals surface area contributed by atoms with E-state index in [1.807, 2.05) is 28.6 Å². The van der Waals surface area contributed by atoms with Crippen LogP contribution in [0.1, 0.15) is 40.2 Å². The number of carbonyl (C=O) groups excluding carboxylic acids is 2. The molecule has 2 amide bonds. The smallest absolute Gasteiger partial charge is 0.261 e. The highest BCUT2D eigenvalue weighted by Crippen LogP contribution is 2.30. The minimum atomic E-state index is -0.0978. The molecular weight excluding hydrogens is 443 g/mol. The summed E-state index contributed by atoms with van der Waals surface area (Å²) in [6, 6.07) is 7.30. The van der Waals surface area contributed by atoms with Gasteiger partial charge in [-0.3, -0.25) is 14.3 Å². The summed E-state index contributed by atoms with van der Waals surface area (Å²) in [6.07, 6.45) is 2.33. The highest BCUT2D eigenvalue weighted by molar-refractivity contribution is 7.20. The van der Waals surface area contributed by atoms with E-state index in [1.54, 1.807) is 12.1 Å². The summed E-state index contributed by atoms with van der Waals surface area (Å²) >= 11 is 13.7. The Labute approximate surface area is 188 Å². The van der Waals surface area contributed by atoms with E-state index in [4.69, 9.17) is 23.2 Å². The summed E-state index contributed by atoms with van der Waals surface area (Å²) in [6.45, 7) is 4.51. The Bertz CT molecular complexity index is 1110. The standard InChI is InChI=1S/C21H22Cl2N4O2S/c1-13-16-11-18(20(29)24-7-3-9-26-8-2-4-19(26)28)30-21(16)27(25-13)12-14-5-6-15(22)10-17(14)23/h5-6,10-11H,2-4,7-9,12H2,1H3,(H,24,29). The van der Waals surface area contributed by atoms with Gasteiger partial charge in [0.1, 0.15) is 4.83 Å². The fourth-order valence-electron chi connectivity index (χ4n) is 3.64. The molecule has 4 rings (SSSR count). The van der Waals surface area contributed by atoms with Crippen LogP contribution in [0.3, 0.4) is 0 Å². The molecule has 9 heteroatoms. The van der Waals surface area contributed by atoms with Gasteiger partial charge in [-0.1, -0.05) is 29.3 Å². The molecule has 0 aliphatic carbocycles. The Morgan fingerprint density at radius 3 is 2.87 bits per heavy atom. The van der Waals surface area contributed by atoms with Gasteiger partial charge in [0.25, 0.3) is 5.91 Å². The highest BCUT2D eigenvalue weighted by Gasteiger charge is 2.20. The predicted octanol–water partition coefficient (Wildman–Crippen LogP) is 4.50. The number of carbonyl (C=O) groups is 2. The number of nitrogens with one attached hydrogen (secondary N) is 1. The summed E-state index contributed by atoms with van der Waals surface area (Å²) in [4.78, 5) is 27.7. The largest absolute Gasteiger partial charge is 0.351 e. The van der Waals surface area contributed by atoms with Gasteiger partial charge in [-0.05, 0) is 43.5 Å². The lowest BCUT2D eigenvalue weighted by atomic mass is 10.2. The van der Waals surface area contributed by atoms with Crippen molar-refractivity contribution in [2.45, 2.75) is 32.7 Å². The molecule has 0 saturated carbocycles. The van der Waals surface area contributed by atoms with Crippen LogP contribution in [0.15, 0.2) is 24.3 Å². The molecule has 2 aromatic heterocycles. The zero-order chi connectivity index (χ0) is 21.3. The first-order chi connectivity index (χ1) is 14.4. The third-order valence-corrected chi connectivity index (χ3v) is 6.96. The van der Waals surface area contributed by atoms with E-state index in [2.05, 4.69) is 10.4 Å². The van der Waals surface area contributed by atoms with Crippen molar-refractivity contribution in [2.24, 2.45) is 0 Å². The van der Waals surface area contributed by atoms with Crippen molar-refractivity contribution in [1.29, 1.82) is 0 Å². The average Bonchev–Trinajstić information content (AvgIpc) is 3.39. The number of likely N-dealkylation sites (tertiary alicyclic amines) is 1. The fourth-order valence-corrected chi connectivity index (χ4v) is 5.19. The van der Waals surface area contributed by atoms with Crippen LogP contribution in [0.4, 0.5) is 0 Å². The average molecular weight is 465 g/mol. The number of aromatic nitrogens is 2. The summed E-state index contributed by atoms with van der Waals surface area (Å²) in [5.41, 5.74) is 1.79. The van der Waals surface area contributed by atoms with Crippen LogP contribution < -0.4 is 5.32 Å². The first-order valence-electron chi connectivity index (χ1n) is 9.89. The van der Waals surface area contributed by atoms with Gasteiger partial charge in [0.15, 0.2) is 0 Å². The van der Waals surface area contributed by atoms with E-state index >= 15 is 0 Å². The molecule has 30 heavy (non-hydrogen) atoms. The molecule has 1 aliphatic heterocycles. The van der Waals surface area contributed by atoms with Crippen LogP contribution in [0.5, 0.6) is 0 Å². The maximum Gasteiger partial charge on any atom is 0.261 e. The van der Waals surface area contributed by atoms with Crippen molar-refractivity contribution in [3.05, 3.63) is 50.4 Å². The Morgan fingerprint density at radius 2 is 2.13 bits per heavy atom. The molecule has 3 heterocycles. The molecule has 158 valence electrons. The highest BCUT2D eigenvalue weighted by atomic mass is 35.5. The van der Waals surface area contributed by atoms with Crippen LogP contribution >= 0.6 is 34.5 Å². The summed E-state index contributed by atoms with van der Waals surface area (Å²) in [5.74, 6) is 0.117. The number of hydrogen-bond donors (Lipinski definition) is 1. The van der Waals surface area contributed by atoms with Gasteiger partial charge in [0, 0.05) is 41.5 Å². The first-order valence-corrected chi connectivity index (χ1v) is 11.5. The van der Waals surface area contributed by atoms with E-state index in [9.17, 15) is 9.59 Å². The van der Waals surface area contributed by atoms with Crippen LogP contribution in [-0.4, -0.2) is 46.1 Å². The van der Waals surface area contributed by atoms with Gasteiger partial charge in [-0.15, -0.1) is 11.3 Å². The third kappa shape index (κ3) is 4.48. The second-order valence-electron chi connectivity index (χ2n) is 7.40. The summed E-state index contributed by atoms with van der Waals surface area (Å²) in [5, 5.41) is 9.72. The Morgan fingerprint density at radius 1 is 1.30 bits per heavy atom. The van der Waals surface area contributed by atoms with Crippen molar-refractivity contribution in [2.75, 3.05) is 19.6 Å². The molecule has 1 aromatic carbocycles. The van der Waals surface area contributed by atoms with Gasteiger partial charge in [-0.25, -0.2) is 0 Å². The molecule has 0 radical (unpaired) electrons. The molecule has 0 spiro atoms. The van der Waals surface area contributed by atoms with Gasteiger partial charge in [0.05, 0.1) is 17.1 Å². The van der Waals surface area contributed by atoms with Gasteiger partial charge in [0.2, 0.25) is 5.91 Å². The number of rotatable bonds is 7. The number of amides is 2. The molecule has 0 atom stereocenters. The Hall–Kier alpha value is -2.09. The monoisotopic (exact) mass is 464 g/mol. The van der Waals surface area contributed by atoms with Crippen molar-refractivity contribution in [1.82, 2.24) is 20.0 Å². The lowest BCUT2D eigenvalue weighted by Gasteiger charge is -2.15. The summed E-state index contributed by atoms with van der Waals surface area (Å²) < 4.78 is 1.88. The van der Waals surface area contributed by atoms with Crippen molar-refractivity contribution in [3.63, 3.8) is 0 Å². The zero-order valence-electron chi connectivity index (χ0n) is 16.6. The van der Waals surface area contributed by atoms with Crippen LogP contribution in [0, 0.1) is 6.92 Å². The third-order valence-electron chi connectivity index (χ3n) is 5.23. The number of thiophene rings is 1. The molecule has 1 saturated heterocycles. The number of halogens is 2. The molecule has 6 nitrogen and oxygen atoms in total. The van der Waals surface area contributed by atoms with Gasteiger partial charge in [-0.2, -0.15) is 5.10 Å². The van der Waals surface area contributed by atoms with Crippen molar-refractivity contribution < 1.29 is 9.59 Å². The second kappa shape index (κ2) is 8.96. The topological polar surface area (TPSA) is 67.2 Å². The van der Waals surface area contributed by atoms with Crippen LogP contribution in [0.25, 0.3) is 10.2 Å². The van der Waals surface area contributed by atoms with Crippen molar-refractivity contribution >= 4 is 56.6 Å². The molecule has 1 aliphatic rings. The molecule has 1 fully saturated rings. The molecular formula is C21H22Cl2N4O2S. The fraction of sp³-hybridized carbons (Fsp3) is 0.381. The van der Waals surface area contributed by atoms with Gasteiger partial charge >= 0.3 is 0 Å². The molecule has 0 unspecified atom stereocenters. The van der Waals surface area contributed by atoms with E-state index in [-0.39, 0.29) is 11.8 Å². The number of nitrogens with zero attached hydrogens (tertiary/aromatic N) is 3. The van der Waals surface area contributed by atoms with E-state index in [0.29, 0.717) is 41.0 Å². The normalized spacial score (nSPS) is 14.1. The number of hydrogen-bond acceptors (Lipinski definition) is 4. The van der Waals surface area contributed by atoms with E-state index < -0.39 is 0 Å². The Kier molecular flexibility index (Phi) is 6.32. The van der Waals surface area contributed by atoms with Crippen LogP contribution in [0.2, 0.25) is 10.0 Å². The summed E-state index contributed by atoms with van der Waals surface area (Å²) in [7, 11) is 0. The number of benzene rings is 1. The van der Waals surface area contributed by atoms with Crippen LogP contribution in [-0.2, 0) is 11.3 Å². The lowest BCUT2D eigenvalue weighted by Crippen LogP contribution is -2.30. The molecule has 0 bridgehead atoms.